The summed E-state index contributed by atoms with van der Waals surface area (Å²) in [5.74, 6) is 0.405. The Balaban J connectivity index is 0.00000420. The molecule has 2 rings (SSSR count). The molecule has 2 N–H and O–H groups in total. The molecule has 0 unspecified atom stereocenters. The van der Waals surface area contributed by atoms with Gasteiger partial charge in [-0.1, -0.05) is 12.1 Å². The number of halogens is 4. The van der Waals surface area contributed by atoms with Crippen LogP contribution in [0.25, 0.3) is 0 Å². The quantitative estimate of drug-likeness (QED) is 0.246. The van der Waals surface area contributed by atoms with E-state index in [4.69, 9.17) is 9.47 Å². The molecule has 1 fully saturated rings. The summed E-state index contributed by atoms with van der Waals surface area (Å²) in [6.07, 6.45) is -4.44. The van der Waals surface area contributed by atoms with Gasteiger partial charge in [0.2, 0.25) is 0 Å². The van der Waals surface area contributed by atoms with Gasteiger partial charge in [-0.3, -0.25) is 9.89 Å². The van der Waals surface area contributed by atoms with Crippen LogP contribution in [0.1, 0.15) is 19.4 Å². The van der Waals surface area contributed by atoms with Crippen LogP contribution < -0.4 is 15.4 Å². The number of ether oxygens (including phenoxy) is 2. The predicted molar refractivity (Wildman–Crippen MR) is 118 cm³/mol. The minimum atomic E-state index is -4.44. The molecule has 166 valence electrons. The van der Waals surface area contributed by atoms with Gasteiger partial charge in [0.1, 0.15) is 12.4 Å². The van der Waals surface area contributed by atoms with Crippen LogP contribution in [0.3, 0.4) is 0 Å². The Morgan fingerprint density at radius 3 is 2.45 bits per heavy atom. The second-order valence-corrected chi connectivity index (χ2v) is 7.11. The van der Waals surface area contributed by atoms with Crippen LogP contribution in [-0.2, 0) is 10.9 Å². The van der Waals surface area contributed by atoms with Crippen molar-refractivity contribution in [1.29, 1.82) is 0 Å². The fraction of sp³-hybridized carbons (Fsp3) is 0.632. The normalized spacial score (nSPS) is 16.1. The van der Waals surface area contributed by atoms with E-state index < -0.39 is 11.7 Å². The van der Waals surface area contributed by atoms with Crippen molar-refractivity contribution in [3.8, 4) is 5.75 Å². The first-order valence-corrected chi connectivity index (χ1v) is 9.30. The van der Waals surface area contributed by atoms with Crippen molar-refractivity contribution in [2.24, 2.45) is 4.99 Å². The van der Waals surface area contributed by atoms with E-state index >= 15 is 0 Å². The van der Waals surface area contributed by atoms with Crippen LogP contribution >= 0.6 is 24.0 Å². The highest BCUT2D eigenvalue weighted by atomic mass is 127. The minimum Gasteiger partial charge on any atom is -0.491 e. The van der Waals surface area contributed by atoms with Crippen LogP contribution in [0.2, 0.25) is 0 Å². The first-order chi connectivity index (χ1) is 13.2. The van der Waals surface area contributed by atoms with Crippen LogP contribution in [0.5, 0.6) is 5.75 Å². The Hall–Kier alpha value is -1.27. The molecule has 1 aliphatic rings. The van der Waals surface area contributed by atoms with Crippen molar-refractivity contribution < 1.29 is 22.6 Å². The van der Waals surface area contributed by atoms with Crippen molar-refractivity contribution in [3.63, 3.8) is 0 Å². The van der Waals surface area contributed by atoms with Gasteiger partial charge in [-0.2, -0.15) is 13.2 Å². The zero-order chi connectivity index (χ0) is 20.6. The molecule has 0 bridgehead atoms. The summed E-state index contributed by atoms with van der Waals surface area (Å²) in [5, 5.41) is 6.32. The van der Waals surface area contributed by atoms with Gasteiger partial charge in [-0.05, 0) is 26.0 Å². The monoisotopic (exact) mass is 530 g/mol. The van der Waals surface area contributed by atoms with E-state index in [1.165, 1.54) is 18.2 Å². The lowest BCUT2D eigenvalue weighted by Gasteiger charge is -2.41. The van der Waals surface area contributed by atoms with Crippen molar-refractivity contribution in [2.45, 2.75) is 25.6 Å². The smallest absolute Gasteiger partial charge is 0.419 e. The Labute approximate surface area is 187 Å². The number of aliphatic imine (C=N–C) groups is 1. The van der Waals surface area contributed by atoms with Gasteiger partial charge >= 0.3 is 6.18 Å². The molecule has 10 heteroatoms. The molecule has 1 aliphatic heterocycles. The van der Waals surface area contributed by atoms with Crippen LogP contribution in [-0.4, -0.2) is 69.4 Å². The van der Waals surface area contributed by atoms with E-state index in [0.717, 1.165) is 32.4 Å². The lowest BCUT2D eigenvalue weighted by molar-refractivity contribution is -0.138. The SMILES string of the molecule is CN=C(NCCOc1ccccc1C(F)(F)F)NCC(C)(C)N1CCOCC1.I. The second-order valence-electron chi connectivity index (χ2n) is 7.11. The summed E-state index contributed by atoms with van der Waals surface area (Å²) in [7, 11) is 1.65. The molecule has 1 saturated heterocycles. The standard InChI is InChI=1S/C19H29F3N4O2.HI/c1-18(2,26-9-12-27-13-10-26)14-25-17(23-3)24-8-11-28-16-7-5-4-6-15(16)19(20,21)22;/h4-7H,8-14H2,1-3H3,(H2,23,24,25);1H. The van der Waals surface area contributed by atoms with Crippen molar-refractivity contribution in [1.82, 2.24) is 15.5 Å². The Morgan fingerprint density at radius 1 is 1.17 bits per heavy atom. The summed E-state index contributed by atoms with van der Waals surface area (Å²) in [5.41, 5.74) is -0.853. The number of rotatable bonds is 7. The van der Waals surface area contributed by atoms with Gasteiger partial charge in [0.25, 0.3) is 0 Å². The summed E-state index contributed by atoms with van der Waals surface area (Å²) >= 11 is 0. The molecule has 29 heavy (non-hydrogen) atoms. The maximum atomic E-state index is 13.0. The molecule has 0 radical (unpaired) electrons. The molecule has 6 nitrogen and oxygen atoms in total. The Morgan fingerprint density at radius 2 is 1.83 bits per heavy atom. The van der Waals surface area contributed by atoms with Gasteiger partial charge in [0.05, 0.1) is 25.3 Å². The zero-order valence-electron chi connectivity index (χ0n) is 17.0. The van der Waals surface area contributed by atoms with Crippen molar-refractivity contribution in [3.05, 3.63) is 29.8 Å². The number of morpholine rings is 1. The molecule has 0 amide bonds. The fourth-order valence-electron chi connectivity index (χ4n) is 2.96. The molecule has 0 spiro atoms. The summed E-state index contributed by atoms with van der Waals surface area (Å²) < 4.78 is 49.6. The first kappa shape index (κ1) is 25.8. The maximum absolute atomic E-state index is 13.0. The van der Waals surface area contributed by atoms with Crippen LogP contribution in [0.4, 0.5) is 13.2 Å². The number of nitrogens with zero attached hydrogens (tertiary/aromatic N) is 2. The summed E-state index contributed by atoms with van der Waals surface area (Å²) in [4.78, 5) is 6.51. The summed E-state index contributed by atoms with van der Waals surface area (Å²) in [6.45, 7) is 8.60. The lowest BCUT2D eigenvalue weighted by Crippen LogP contribution is -2.56. The average Bonchev–Trinajstić information content (AvgIpc) is 2.67. The topological polar surface area (TPSA) is 58.1 Å². The molecule has 1 heterocycles. The number of alkyl halides is 3. The van der Waals surface area contributed by atoms with E-state index in [0.29, 0.717) is 19.0 Å². The molecule has 1 aromatic carbocycles. The molecular formula is C19H30F3IN4O2. The maximum Gasteiger partial charge on any atom is 0.419 e. The highest BCUT2D eigenvalue weighted by Gasteiger charge is 2.34. The summed E-state index contributed by atoms with van der Waals surface area (Å²) in [6, 6.07) is 5.19. The van der Waals surface area contributed by atoms with Crippen molar-refractivity contribution >= 4 is 29.9 Å². The van der Waals surface area contributed by atoms with E-state index in [1.54, 1.807) is 7.05 Å². The van der Waals surface area contributed by atoms with E-state index in [9.17, 15) is 13.2 Å². The third kappa shape index (κ3) is 8.17. The van der Waals surface area contributed by atoms with Crippen LogP contribution in [0, 0.1) is 0 Å². The van der Waals surface area contributed by atoms with Gasteiger partial charge in [-0.25, -0.2) is 0 Å². The third-order valence-corrected chi connectivity index (χ3v) is 4.62. The molecule has 1 aromatic rings. The molecule has 0 aromatic heterocycles. The van der Waals surface area contributed by atoms with E-state index in [2.05, 4.69) is 34.4 Å². The number of nitrogens with one attached hydrogen (secondary N) is 2. The number of benzene rings is 1. The number of hydrogen-bond donors (Lipinski definition) is 2. The molecule has 0 atom stereocenters. The van der Waals surface area contributed by atoms with E-state index in [-0.39, 0.29) is 41.9 Å². The largest absolute Gasteiger partial charge is 0.491 e. The Bertz CT molecular complexity index is 651. The number of guanidine groups is 1. The highest BCUT2D eigenvalue weighted by molar-refractivity contribution is 14.0. The van der Waals surface area contributed by atoms with Gasteiger partial charge in [0, 0.05) is 32.2 Å². The van der Waals surface area contributed by atoms with Gasteiger partial charge in [0.15, 0.2) is 5.96 Å². The number of para-hydroxylation sites is 1. The number of hydrogen-bond acceptors (Lipinski definition) is 4. The third-order valence-electron chi connectivity index (χ3n) is 4.62. The van der Waals surface area contributed by atoms with Gasteiger partial charge < -0.3 is 20.1 Å². The predicted octanol–water partition coefficient (Wildman–Crippen LogP) is 2.98. The average molecular weight is 530 g/mol. The molecule has 0 saturated carbocycles. The van der Waals surface area contributed by atoms with Crippen LogP contribution in [0.15, 0.2) is 29.3 Å². The second kappa shape index (κ2) is 11.8. The lowest BCUT2D eigenvalue weighted by atomic mass is 10.0. The van der Waals surface area contributed by atoms with Gasteiger partial charge in [-0.15, -0.1) is 24.0 Å². The molecule has 0 aliphatic carbocycles. The first-order valence-electron chi connectivity index (χ1n) is 9.30. The zero-order valence-corrected chi connectivity index (χ0v) is 19.3. The highest BCUT2D eigenvalue weighted by Crippen LogP contribution is 2.35. The minimum absolute atomic E-state index is 0. The fourth-order valence-corrected chi connectivity index (χ4v) is 2.96. The Kier molecular flexibility index (Phi) is 10.5. The van der Waals surface area contributed by atoms with E-state index in [1.807, 2.05) is 0 Å². The van der Waals surface area contributed by atoms with Crippen molar-refractivity contribution in [2.75, 3.05) is 53.0 Å². The molecular weight excluding hydrogens is 500 g/mol.